The molecule has 0 bridgehead atoms. The van der Waals surface area contributed by atoms with Gasteiger partial charge in [0.25, 0.3) is 0 Å². The topological polar surface area (TPSA) is 55.8 Å². The lowest BCUT2D eigenvalue weighted by Crippen LogP contribution is -2.39. The molecule has 28 heavy (non-hydrogen) atoms. The Bertz CT molecular complexity index is 806. The molecule has 5 heteroatoms. The van der Waals surface area contributed by atoms with Crippen molar-refractivity contribution in [3.63, 3.8) is 0 Å². The Labute approximate surface area is 167 Å². The molecule has 0 spiro atoms. The summed E-state index contributed by atoms with van der Waals surface area (Å²) in [6.45, 7) is 3.55. The van der Waals surface area contributed by atoms with Gasteiger partial charge in [-0.25, -0.2) is 4.79 Å². The van der Waals surface area contributed by atoms with Gasteiger partial charge in [0.2, 0.25) is 0 Å². The van der Waals surface area contributed by atoms with Crippen molar-refractivity contribution in [1.29, 1.82) is 0 Å². The predicted octanol–water partition coefficient (Wildman–Crippen LogP) is 3.91. The molecule has 2 fully saturated rings. The molecule has 2 saturated heterocycles. The zero-order valence-electron chi connectivity index (χ0n) is 16.3. The number of amides is 2. The van der Waals surface area contributed by atoms with Gasteiger partial charge in [-0.2, -0.15) is 0 Å². The number of benzene rings is 2. The Morgan fingerprint density at radius 2 is 1.89 bits per heavy atom. The molecule has 0 saturated carbocycles. The highest BCUT2D eigenvalue weighted by molar-refractivity contribution is 5.93. The number of nitrogens with one attached hydrogen (secondary N) is 1. The number of carbonyl (C=O) groups excluding carboxylic acids is 1. The average molecular weight is 380 g/mol. The number of phenolic OH excluding ortho intramolecular Hbond substituents is 1. The lowest BCUT2D eigenvalue weighted by molar-refractivity contribution is 0.132. The first-order chi connectivity index (χ1) is 13.7. The van der Waals surface area contributed by atoms with Crippen molar-refractivity contribution in [3.8, 4) is 5.75 Å². The van der Waals surface area contributed by atoms with Gasteiger partial charge >= 0.3 is 6.03 Å². The van der Waals surface area contributed by atoms with Crippen LogP contribution in [0.4, 0.5) is 10.5 Å². The molecule has 1 atom stereocenters. The largest absolute Gasteiger partial charge is 0.508 e. The van der Waals surface area contributed by atoms with Gasteiger partial charge in [0.15, 0.2) is 0 Å². The number of aryl methyl sites for hydroxylation is 1. The van der Waals surface area contributed by atoms with E-state index in [0.29, 0.717) is 11.8 Å². The summed E-state index contributed by atoms with van der Waals surface area (Å²) in [5.41, 5.74) is 3.48. The summed E-state index contributed by atoms with van der Waals surface area (Å²) in [6.07, 6.45) is 5.91. The van der Waals surface area contributed by atoms with Gasteiger partial charge in [-0.1, -0.05) is 30.7 Å². The molecule has 2 aliphatic heterocycles. The van der Waals surface area contributed by atoms with E-state index in [0.717, 1.165) is 44.7 Å². The van der Waals surface area contributed by atoms with Gasteiger partial charge in [-0.15, -0.1) is 0 Å². The van der Waals surface area contributed by atoms with Crippen molar-refractivity contribution in [1.82, 2.24) is 10.2 Å². The van der Waals surface area contributed by atoms with E-state index in [1.807, 2.05) is 12.1 Å². The van der Waals surface area contributed by atoms with Gasteiger partial charge in [0, 0.05) is 31.4 Å². The SMILES string of the molecule is O=C1NCCN1c1ccc(CN2CCCC[C@H]2CCc2cccc(O)c2)cc1. The van der Waals surface area contributed by atoms with Crippen molar-refractivity contribution in [2.75, 3.05) is 24.5 Å². The maximum absolute atomic E-state index is 11.8. The lowest BCUT2D eigenvalue weighted by atomic mass is 9.95. The summed E-state index contributed by atoms with van der Waals surface area (Å²) < 4.78 is 0. The van der Waals surface area contributed by atoms with Crippen LogP contribution in [0.5, 0.6) is 5.75 Å². The number of rotatable bonds is 6. The average Bonchev–Trinajstić information content (AvgIpc) is 3.14. The molecule has 2 aromatic rings. The molecule has 148 valence electrons. The van der Waals surface area contributed by atoms with Crippen LogP contribution in [-0.2, 0) is 13.0 Å². The zero-order chi connectivity index (χ0) is 19.3. The molecular weight excluding hydrogens is 350 g/mol. The maximum Gasteiger partial charge on any atom is 0.321 e. The summed E-state index contributed by atoms with van der Waals surface area (Å²) in [7, 11) is 0. The molecule has 4 rings (SSSR count). The highest BCUT2D eigenvalue weighted by atomic mass is 16.3. The summed E-state index contributed by atoms with van der Waals surface area (Å²) in [4.78, 5) is 16.2. The second-order valence-corrected chi connectivity index (χ2v) is 7.88. The van der Waals surface area contributed by atoms with Gasteiger partial charge in [0.05, 0.1) is 0 Å². The molecule has 0 radical (unpaired) electrons. The van der Waals surface area contributed by atoms with Crippen molar-refractivity contribution in [2.45, 2.75) is 44.7 Å². The molecular formula is C23H29N3O2. The van der Waals surface area contributed by atoms with Crippen molar-refractivity contribution >= 4 is 11.7 Å². The van der Waals surface area contributed by atoms with E-state index in [2.05, 4.69) is 40.5 Å². The van der Waals surface area contributed by atoms with Crippen LogP contribution in [0.15, 0.2) is 48.5 Å². The number of anilines is 1. The fraction of sp³-hybridized carbons (Fsp3) is 0.435. The van der Waals surface area contributed by atoms with Gasteiger partial charge in [-0.05, 0) is 67.6 Å². The van der Waals surface area contributed by atoms with E-state index in [4.69, 9.17) is 0 Å². The van der Waals surface area contributed by atoms with Crippen LogP contribution in [-0.4, -0.2) is 41.7 Å². The second-order valence-electron chi connectivity index (χ2n) is 7.88. The van der Waals surface area contributed by atoms with Crippen LogP contribution in [0.2, 0.25) is 0 Å². The Hall–Kier alpha value is -2.53. The van der Waals surface area contributed by atoms with Crippen LogP contribution < -0.4 is 10.2 Å². The third-order valence-electron chi connectivity index (χ3n) is 5.92. The van der Waals surface area contributed by atoms with E-state index in [-0.39, 0.29) is 6.03 Å². The third-order valence-corrected chi connectivity index (χ3v) is 5.92. The quantitative estimate of drug-likeness (QED) is 0.800. The summed E-state index contributed by atoms with van der Waals surface area (Å²) >= 11 is 0. The molecule has 2 aromatic carbocycles. The maximum atomic E-state index is 11.8. The molecule has 0 aromatic heterocycles. The lowest BCUT2D eigenvalue weighted by Gasteiger charge is -2.36. The van der Waals surface area contributed by atoms with Crippen LogP contribution in [0.1, 0.15) is 36.8 Å². The van der Waals surface area contributed by atoms with E-state index in [1.165, 1.54) is 30.4 Å². The molecule has 2 N–H and O–H groups in total. The Morgan fingerprint density at radius 3 is 2.64 bits per heavy atom. The summed E-state index contributed by atoms with van der Waals surface area (Å²) in [6, 6.07) is 16.6. The van der Waals surface area contributed by atoms with Crippen LogP contribution in [0.3, 0.4) is 0 Å². The van der Waals surface area contributed by atoms with Crippen molar-refractivity contribution < 1.29 is 9.90 Å². The molecule has 2 heterocycles. The number of aromatic hydroxyl groups is 1. The van der Waals surface area contributed by atoms with Crippen LogP contribution >= 0.6 is 0 Å². The minimum absolute atomic E-state index is 0.00390. The van der Waals surface area contributed by atoms with E-state index < -0.39 is 0 Å². The number of hydrogen-bond acceptors (Lipinski definition) is 3. The molecule has 5 nitrogen and oxygen atoms in total. The van der Waals surface area contributed by atoms with Gasteiger partial charge in [0.1, 0.15) is 5.75 Å². The third kappa shape index (κ3) is 4.47. The number of hydrogen-bond donors (Lipinski definition) is 2. The number of likely N-dealkylation sites (tertiary alicyclic amines) is 1. The Kier molecular flexibility index (Phi) is 5.81. The van der Waals surface area contributed by atoms with E-state index in [1.54, 1.807) is 11.0 Å². The van der Waals surface area contributed by atoms with E-state index in [9.17, 15) is 9.90 Å². The number of carbonyl (C=O) groups is 1. The van der Waals surface area contributed by atoms with Gasteiger partial charge in [-0.3, -0.25) is 9.80 Å². The Balaban J connectivity index is 1.37. The number of phenols is 1. The highest BCUT2D eigenvalue weighted by Gasteiger charge is 2.23. The predicted molar refractivity (Wildman–Crippen MR) is 112 cm³/mol. The van der Waals surface area contributed by atoms with Gasteiger partial charge < -0.3 is 10.4 Å². The number of nitrogens with zero attached hydrogens (tertiary/aromatic N) is 2. The molecule has 0 unspecified atom stereocenters. The first-order valence-electron chi connectivity index (χ1n) is 10.4. The number of piperidine rings is 1. The minimum Gasteiger partial charge on any atom is -0.508 e. The Morgan fingerprint density at radius 1 is 1.04 bits per heavy atom. The van der Waals surface area contributed by atoms with Crippen LogP contribution in [0.25, 0.3) is 0 Å². The molecule has 2 aliphatic rings. The standard InChI is InChI=1S/C23H29N3O2/c27-22-6-3-4-18(16-22)7-10-20-5-1-2-14-25(20)17-19-8-11-21(12-9-19)26-15-13-24-23(26)28/h3-4,6,8-9,11-12,16,20,27H,1-2,5,7,10,13-15,17H2,(H,24,28)/t20-/m0/s1. The first-order valence-corrected chi connectivity index (χ1v) is 10.4. The second kappa shape index (κ2) is 8.65. The minimum atomic E-state index is -0.00390. The van der Waals surface area contributed by atoms with Crippen molar-refractivity contribution in [2.24, 2.45) is 0 Å². The monoisotopic (exact) mass is 379 g/mol. The van der Waals surface area contributed by atoms with Crippen molar-refractivity contribution in [3.05, 3.63) is 59.7 Å². The van der Waals surface area contributed by atoms with E-state index >= 15 is 0 Å². The smallest absolute Gasteiger partial charge is 0.321 e. The fourth-order valence-electron chi connectivity index (χ4n) is 4.37. The fourth-order valence-corrected chi connectivity index (χ4v) is 4.37. The number of urea groups is 1. The zero-order valence-corrected chi connectivity index (χ0v) is 16.3. The normalized spacial score (nSPS) is 20.4. The van der Waals surface area contributed by atoms with Crippen LogP contribution in [0, 0.1) is 0 Å². The molecule has 2 amide bonds. The highest BCUT2D eigenvalue weighted by Crippen LogP contribution is 2.25. The summed E-state index contributed by atoms with van der Waals surface area (Å²) in [5, 5.41) is 12.5. The first kappa shape index (κ1) is 18.8. The summed E-state index contributed by atoms with van der Waals surface area (Å²) in [5.74, 6) is 0.352. The molecule has 0 aliphatic carbocycles.